The van der Waals surface area contributed by atoms with Crippen LogP contribution in [-0.2, 0) is 22.6 Å². The predicted octanol–water partition coefficient (Wildman–Crippen LogP) is 4.65. The highest BCUT2D eigenvalue weighted by Crippen LogP contribution is 2.40. The molecule has 0 saturated heterocycles. The van der Waals surface area contributed by atoms with Gasteiger partial charge in [-0.25, -0.2) is 4.90 Å². The molecule has 2 amide bonds. The average molecular weight is 439 g/mol. The zero-order valence-electron chi connectivity index (χ0n) is 19.1. The summed E-state index contributed by atoms with van der Waals surface area (Å²) in [6.45, 7) is 5.15. The van der Waals surface area contributed by atoms with Gasteiger partial charge < -0.3 is 9.64 Å². The molecular weight excluding hydrogens is 412 g/mol. The monoisotopic (exact) mass is 438 g/mol. The lowest BCUT2D eigenvalue weighted by Gasteiger charge is -2.31. The Balaban J connectivity index is 1.68. The second kappa shape index (κ2) is 8.24. The van der Waals surface area contributed by atoms with Gasteiger partial charge >= 0.3 is 0 Å². The maximum absolute atomic E-state index is 13.9. The third kappa shape index (κ3) is 3.50. The Labute approximate surface area is 193 Å². The number of aryl methyl sites for hydroxylation is 2. The molecule has 0 saturated carbocycles. The van der Waals surface area contributed by atoms with E-state index in [1.54, 1.807) is 7.11 Å². The molecular formula is C28H26N2O3. The quantitative estimate of drug-likeness (QED) is 0.556. The second-order valence-electron chi connectivity index (χ2n) is 8.60. The topological polar surface area (TPSA) is 49.9 Å². The van der Waals surface area contributed by atoms with Crippen molar-refractivity contribution in [1.29, 1.82) is 0 Å². The first kappa shape index (κ1) is 21.0. The van der Waals surface area contributed by atoms with Gasteiger partial charge in [0.15, 0.2) is 0 Å². The molecule has 5 rings (SSSR count). The molecule has 0 spiro atoms. The van der Waals surface area contributed by atoms with Crippen molar-refractivity contribution >= 4 is 23.1 Å². The third-order valence-electron chi connectivity index (χ3n) is 6.49. The fourth-order valence-corrected chi connectivity index (χ4v) is 4.77. The van der Waals surface area contributed by atoms with E-state index in [2.05, 4.69) is 17.0 Å². The Kier molecular flexibility index (Phi) is 5.25. The van der Waals surface area contributed by atoms with Gasteiger partial charge in [-0.2, -0.15) is 0 Å². The van der Waals surface area contributed by atoms with Crippen LogP contribution in [0.3, 0.4) is 0 Å². The summed E-state index contributed by atoms with van der Waals surface area (Å²) in [5, 5.41) is 0. The van der Waals surface area contributed by atoms with E-state index in [0.717, 1.165) is 17.5 Å². The Morgan fingerprint density at radius 2 is 1.58 bits per heavy atom. The number of rotatable bonds is 4. The lowest BCUT2D eigenvalue weighted by Crippen LogP contribution is -2.37. The number of fused-ring (bicyclic) bond motifs is 1. The molecule has 5 nitrogen and oxygen atoms in total. The molecule has 0 unspecified atom stereocenters. The lowest BCUT2D eigenvalue weighted by atomic mass is 9.97. The molecule has 0 aromatic heterocycles. The Morgan fingerprint density at radius 3 is 2.36 bits per heavy atom. The van der Waals surface area contributed by atoms with Gasteiger partial charge in [-0.1, -0.05) is 54.6 Å². The maximum atomic E-state index is 13.9. The number of carbonyl (C=O) groups excluding carboxylic acids is 2. The van der Waals surface area contributed by atoms with Crippen LogP contribution in [0.25, 0.3) is 5.57 Å². The van der Waals surface area contributed by atoms with Crippen LogP contribution < -0.4 is 9.64 Å². The minimum absolute atomic E-state index is 0.283. The Hall–Kier alpha value is -3.86. The minimum atomic E-state index is -0.313. The van der Waals surface area contributed by atoms with Crippen LogP contribution in [0, 0.1) is 13.8 Å². The molecule has 166 valence electrons. The van der Waals surface area contributed by atoms with Crippen molar-refractivity contribution in [2.24, 2.45) is 0 Å². The molecule has 3 aromatic rings. The highest BCUT2D eigenvalue weighted by Gasteiger charge is 2.44. The van der Waals surface area contributed by atoms with Gasteiger partial charge in [0.1, 0.15) is 11.4 Å². The van der Waals surface area contributed by atoms with Crippen LogP contribution in [-0.4, -0.2) is 30.4 Å². The number of amides is 2. The van der Waals surface area contributed by atoms with Crippen molar-refractivity contribution in [3.63, 3.8) is 0 Å². The summed E-state index contributed by atoms with van der Waals surface area (Å²) < 4.78 is 5.58. The smallest absolute Gasteiger partial charge is 0.282 e. The molecule has 0 aliphatic carbocycles. The molecule has 0 fully saturated rings. The van der Waals surface area contributed by atoms with Crippen LogP contribution in [0.2, 0.25) is 0 Å². The van der Waals surface area contributed by atoms with Gasteiger partial charge in [-0.3, -0.25) is 9.59 Å². The number of imide groups is 1. The number of ether oxygens (including phenoxy) is 1. The summed E-state index contributed by atoms with van der Waals surface area (Å²) in [4.78, 5) is 31.2. The van der Waals surface area contributed by atoms with Crippen LogP contribution in [0.4, 0.5) is 5.69 Å². The minimum Gasteiger partial charge on any atom is -0.496 e. The molecule has 3 aromatic carbocycles. The van der Waals surface area contributed by atoms with Crippen molar-refractivity contribution in [3.05, 3.63) is 100 Å². The van der Waals surface area contributed by atoms with E-state index in [1.807, 2.05) is 68.4 Å². The van der Waals surface area contributed by atoms with Gasteiger partial charge in [-0.15, -0.1) is 0 Å². The zero-order valence-corrected chi connectivity index (χ0v) is 19.1. The molecule has 0 bridgehead atoms. The third-order valence-corrected chi connectivity index (χ3v) is 6.49. The fourth-order valence-electron chi connectivity index (χ4n) is 4.77. The zero-order chi connectivity index (χ0) is 23.1. The number of anilines is 1. The highest BCUT2D eigenvalue weighted by molar-refractivity contribution is 6.45. The van der Waals surface area contributed by atoms with Crippen LogP contribution in [0.5, 0.6) is 5.75 Å². The van der Waals surface area contributed by atoms with Crippen molar-refractivity contribution < 1.29 is 14.3 Å². The molecule has 2 aliphatic heterocycles. The fraction of sp³-hybridized carbons (Fsp3) is 0.214. The second-order valence-corrected chi connectivity index (χ2v) is 8.60. The van der Waals surface area contributed by atoms with Gasteiger partial charge in [0, 0.05) is 18.7 Å². The molecule has 0 radical (unpaired) electrons. The van der Waals surface area contributed by atoms with Crippen molar-refractivity contribution in [2.45, 2.75) is 26.8 Å². The van der Waals surface area contributed by atoms with Gasteiger partial charge in [0.2, 0.25) is 0 Å². The summed E-state index contributed by atoms with van der Waals surface area (Å²) in [6, 6.07) is 21.5. The number of nitrogens with zero attached hydrogens (tertiary/aromatic N) is 2. The first-order chi connectivity index (χ1) is 16.0. The summed E-state index contributed by atoms with van der Waals surface area (Å²) in [7, 11) is 1.58. The van der Waals surface area contributed by atoms with E-state index >= 15 is 0 Å². The van der Waals surface area contributed by atoms with E-state index < -0.39 is 0 Å². The molecule has 33 heavy (non-hydrogen) atoms. The summed E-state index contributed by atoms with van der Waals surface area (Å²) in [5.41, 5.74) is 6.46. The number of hydrogen-bond acceptors (Lipinski definition) is 4. The van der Waals surface area contributed by atoms with Crippen molar-refractivity contribution in [1.82, 2.24) is 4.90 Å². The van der Waals surface area contributed by atoms with E-state index in [9.17, 15) is 9.59 Å². The van der Waals surface area contributed by atoms with Crippen molar-refractivity contribution in [3.8, 4) is 5.75 Å². The van der Waals surface area contributed by atoms with Gasteiger partial charge in [0.05, 0.1) is 18.4 Å². The van der Waals surface area contributed by atoms with E-state index in [4.69, 9.17) is 4.74 Å². The number of benzene rings is 3. The van der Waals surface area contributed by atoms with E-state index in [0.29, 0.717) is 41.4 Å². The first-order valence-electron chi connectivity index (χ1n) is 11.1. The SMILES string of the molecule is COc1ccccc1C1=C(N2CCc3ccccc3C2)C(=O)N(c2cc(C)ccc2C)C1=O. The largest absolute Gasteiger partial charge is 0.496 e. The van der Waals surface area contributed by atoms with E-state index in [-0.39, 0.29) is 11.8 Å². The van der Waals surface area contributed by atoms with Gasteiger partial charge in [0.25, 0.3) is 11.8 Å². The standard InChI is InChI=1S/C28H26N2O3/c1-18-12-13-19(2)23(16-18)30-27(31)25(22-10-6-7-11-24(22)33-3)26(28(30)32)29-15-14-20-8-4-5-9-21(20)17-29/h4-13,16H,14-15,17H2,1-3H3. The molecule has 0 atom stereocenters. The number of carbonyl (C=O) groups is 2. The summed E-state index contributed by atoms with van der Waals surface area (Å²) in [5.74, 6) is -0.0209. The van der Waals surface area contributed by atoms with Crippen LogP contribution in [0.1, 0.15) is 27.8 Å². The average Bonchev–Trinajstić information content (AvgIpc) is 3.09. The molecule has 0 N–H and O–H groups in total. The normalized spacial score (nSPS) is 15.8. The maximum Gasteiger partial charge on any atom is 0.282 e. The molecule has 2 aliphatic rings. The summed E-state index contributed by atoms with van der Waals surface area (Å²) in [6.07, 6.45) is 0.823. The first-order valence-corrected chi connectivity index (χ1v) is 11.1. The molecule has 2 heterocycles. The van der Waals surface area contributed by atoms with Crippen LogP contribution in [0.15, 0.2) is 72.4 Å². The van der Waals surface area contributed by atoms with Gasteiger partial charge in [-0.05, 0) is 54.7 Å². The number of hydrogen-bond donors (Lipinski definition) is 0. The van der Waals surface area contributed by atoms with Crippen LogP contribution >= 0.6 is 0 Å². The molecule has 5 heteroatoms. The lowest BCUT2D eigenvalue weighted by molar-refractivity contribution is -0.120. The number of para-hydroxylation sites is 1. The van der Waals surface area contributed by atoms with E-state index in [1.165, 1.54) is 16.0 Å². The summed E-state index contributed by atoms with van der Waals surface area (Å²) >= 11 is 0. The predicted molar refractivity (Wildman–Crippen MR) is 129 cm³/mol. The Bertz CT molecular complexity index is 1310. The number of methoxy groups -OCH3 is 1. The van der Waals surface area contributed by atoms with Crippen molar-refractivity contribution in [2.75, 3.05) is 18.6 Å². The Morgan fingerprint density at radius 1 is 0.848 bits per heavy atom. The highest BCUT2D eigenvalue weighted by atomic mass is 16.5.